The van der Waals surface area contributed by atoms with Crippen molar-refractivity contribution in [2.45, 2.75) is 39.7 Å². The molecule has 1 N–H and O–H groups in total. The van der Waals surface area contributed by atoms with Crippen molar-refractivity contribution in [1.82, 2.24) is 4.57 Å². The van der Waals surface area contributed by atoms with Crippen molar-refractivity contribution in [3.63, 3.8) is 0 Å². The highest BCUT2D eigenvalue weighted by atomic mass is 16.7. The minimum atomic E-state index is -0.611. The molecule has 2 aromatic rings. The Morgan fingerprint density at radius 2 is 2.12 bits per heavy atom. The number of pyridine rings is 1. The molecule has 1 aliphatic rings. The number of hydrogen-bond donors (Lipinski definition) is 1. The van der Waals surface area contributed by atoms with Gasteiger partial charge < -0.3 is 14.1 Å². The fourth-order valence-corrected chi connectivity index (χ4v) is 3.19. The van der Waals surface area contributed by atoms with Gasteiger partial charge in [0.05, 0.1) is 17.8 Å². The Balaban J connectivity index is 2.23. The van der Waals surface area contributed by atoms with Gasteiger partial charge in [0.1, 0.15) is 5.56 Å². The molecule has 1 unspecified atom stereocenters. The summed E-state index contributed by atoms with van der Waals surface area (Å²) in [5.74, 6) is -1.06. The van der Waals surface area contributed by atoms with Crippen LogP contribution in [0.15, 0.2) is 23.1 Å². The number of nitrogens with zero attached hydrogens (tertiary/aromatic N) is 1. The summed E-state index contributed by atoms with van der Waals surface area (Å²) in [5.41, 5.74) is 4.64. The molecule has 0 amide bonds. The number of nitrogens with one attached hydrogen (secondary N) is 1. The van der Waals surface area contributed by atoms with Crippen molar-refractivity contribution in [2.24, 2.45) is 0 Å². The number of hydrogen-bond acceptors (Lipinski definition) is 6. The molecule has 7 heteroatoms. The summed E-state index contributed by atoms with van der Waals surface area (Å²) < 4.78 is 6.94. The second-order valence-corrected chi connectivity index (χ2v) is 6.07. The number of benzene rings is 1. The summed E-state index contributed by atoms with van der Waals surface area (Å²) in [7, 11) is 0. The van der Waals surface area contributed by atoms with Gasteiger partial charge in [-0.15, -0.1) is 0 Å². The predicted molar refractivity (Wildman–Crippen MR) is 92.6 cm³/mol. The topological polar surface area (TPSA) is 86.6 Å². The Morgan fingerprint density at radius 3 is 2.80 bits per heavy atom. The van der Waals surface area contributed by atoms with Crippen molar-refractivity contribution < 1.29 is 19.2 Å². The molecule has 1 atom stereocenters. The molecule has 1 aromatic heterocycles. The first-order valence-corrected chi connectivity index (χ1v) is 8.25. The van der Waals surface area contributed by atoms with Crippen LogP contribution < -0.4 is 10.9 Å². The molecule has 0 bridgehead atoms. The third-order valence-corrected chi connectivity index (χ3v) is 4.39. The van der Waals surface area contributed by atoms with Gasteiger partial charge in [-0.05, 0) is 38.8 Å². The van der Waals surface area contributed by atoms with Crippen LogP contribution in [-0.2, 0) is 20.8 Å². The minimum Gasteiger partial charge on any atom is -0.462 e. The van der Waals surface area contributed by atoms with Gasteiger partial charge >= 0.3 is 11.9 Å². The molecule has 2 heterocycles. The number of rotatable bonds is 4. The zero-order valence-corrected chi connectivity index (χ0v) is 14.4. The molecule has 0 saturated carbocycles. The van der Waals surface area contributed by atoms with E-state index < -0.39 is 11.9 Å². The number of carbonyl (C=O) groups excluding carboxylic acids is 2. The molecular formula is C18H20N2O5. The van der Waals surface area contributed by atoms with Crippen molar-refractivity contribution in [3.8, 4) is 0 Å². The molecule has 0 radical (unpaired) electrons. The molecule has 7 nitrogen and oxygen atoms in total. The molecular weight excluding hydrogens is 324 g/mol. The van der Waals surface area contributed by atoms with Crippen LogP contribution in [0.25, 0.3) is 10.9 Å². The fourth-order valence-electron chi connectivity index (χ4n) is 3.19. The van der Waals surface area contributed by atoms with Gasteiger partial charge in [-0.2, -0.15) is 0 Å². The predicted octanol–water partition coefficient (Wildman–Crippen LogP) is 2.58. The Bertz CT molecular complexity index is 916. The second kappa shape index (κ2) is 6.58. The third-order valence-electron chi connectivity index (χ3n) is 4.39. The molecule has 1 aliphatic heterocycles. The lowest BCUT2D eigenvalue weighted by molar-refractivity contribution is -0.138. The molecule has 25 heavy (non-hydrogen) atoms. The Labute approximate surface area is 144 Å². The van der Waals surface area contributed by atoms with Crippen LogP contribution in [0.1, 0.15) is 49.2 Å². The van der Waals surface area contributed by atoms with Gasteiger partial charge in [0.25, 0.3) is 0 Å². The first-order valence-electron chi connectivity index (χ1n) is 8.25. The van der Waals surface area contributed by atoms with Crippen molar-refractivity contribution in [3.05, 3.63) is 39.7 Å². The number of ether oxygens (including phenoxy) is 1. The maximum Gasteiger partial charge on any atom is 0.343 e. The van der Waals surface area contributed by atoms with E-state index in [1.807, 2.05) is 11.5 Å². The average molecular weight is 344 g/mol. The normalized spacial score (nSPS) is 15.7. The third kappa shape index (κ3) is 2.97. The zero-order valence-electron chi connectivity index (χ0n) is 14.4. The van der Waals surface area contributed by atoms with Crippen LogP contribution >= 0.6 is 0 Å². The zero-order chi connectivity index (χ0) is 18.1. The van der Waals surface area contributed by atoms with Crippen LogP contribution in [0.5, 0.6) is 0 Å². The number of anilines is 1. The lowest BCUT2D eigenvalue weighted by Crippen LogP contribution is -2.25. The summed E-state index contributed by atoms with van der Waals surface area (Å²) in [6, 6.07) is 3.47. The Kier molecular flexibility index (Phi) is 4.48. The van der Waals surface area contributed by atoms with E-state index in [4.69, 9.17) is 9.57 Å². The molecule has 0 saturated heterocycles. The number of carbonyl (C=O) groups is 2. The van der Waals surface area contributed by atoms with Crippen LogP contribution in [0.3, 0.4) is 0 Å². The van der Waals surface area contributed by atoms with Crippen LogP contribution in [0.2, 0.25) is 0 Å². The molecule has 0 spiro atoms. The van der Waals surface area contributed by atoms with E-state index in [-0.39, 0.29) is 23.6 Å². The lowest BCUT2D eigenvalue weighted by atomic mass is 9.94. The number of aromatic nitrogens is 1. The van der Waals surface area contributed by atoms with Gasteiger partial charge in [0.15, 0.2) is 0 Å². The molecule has 0 aliphatic carbocycles. The smallest absolute Gasteiger partial charge is 0.343 e. The summed E-state index contributed by atoms with van der Waals surface area (Å²) in [6.45, 7) is 5.26. The van der Waals surface area contributed by atoms with Gasteiger partial charge in [-0.25, -0.2) is 10.3 Å². The molecule has 0 fully saturated rings. The van der Waals surface area contributed by atoms with Gasteiger partial charge in [0, 0.05) is 30.1 Å². The first-order chi connectivity index (χ1) is 11.9. The highest BCUT2D eigenvalue weighted by molar-refractivity contribution is 5.96. The molecule has 1 aromatic carbocycles. The van der Waals surface area contributed by atoms with E-state index in [0.29, 0.717) is 11.1 Å². The monoisotopic (exact) mass is 344 g/mol. The van der Waals surface area contributed by atoms with Crippen LogP contribution in [0.4, 0.5) is 5.69 Å². The van der Waals surface area contributed by atoms with Gasteiger partial charge in [0.2, 0.25) is 5.43 Å². The maximum absolute atomic E-state index is 12.8. The van der Waals surface area contributed by atoms with Crippen molar-refractivity contribution >= 4 is 28.5 Å². The maximum atomic E-state index is 12.8. The first kappa shape index (κ1) is 17.0. The summed E-state index contributed by atoms with van der Waals surface area (Å²) in [5, 5.41) is 0.459. The van der Waals surface area contributed by atoms with E-state index in [9.17, 15) is 14.4 Å². The highest BCUT2D eigenvalue weighted by Crippen LogP contribution is 2.34. The van der Waals surface area contributed by atoms with E-state index in [2.05, 4.69) is 5.48 Å². The number of esters is 1. The average Bonchev–Trinajstić information content (AvgIpc) is 2.58. The van der Waals surface area contributed by atoms with Crippen LogP contribution in [-0.4, -0.2) is 23.1 Å². The molecule has 3 rings (SSSR count). The largest absolute Gasteiger partial charge is 0.462 e. The minimum absolute atomic E-state index is 0.0368. The SMILES string of the molecule is CCOC(=O)c1cn2c3c(c(NOC(C)=O)ccc3c1=O)CCC2C. The summed E-state index contributed by atoms with van der Waals surface area (Å²) in [4.78, 5) is 40.8. The number of aryl methyl sites for hydroxylation is 1. The highest BCUT2D eigenvalue weighted by Gasteiger charge is 2.25. The van der Waals surface area contributed by atoms with Gasteiger partial charge in [-0.1, -0.05) is 0 Å². The van der Waals surface area contributed by atoms with Crippen molar-refractivity contribution in [2.75, 3.05) is 12.1 Å². The standard InChI is InChI=1S/C18H20N2O5/c1-4-24-18(23)14-9-20-10(2)5-6-12-15(19-25-11(3)21)8-7-13(16(12)20)17(14)22/h7-10,19H,4-6H2,1-3H3. The van der Waals surface area contributed by atoms with E-state index in [1.54, 1.807) is 25.3 Å². The Morgan fingerprint density at radius 1 is 1.36 bits per heavy atom. The summed E-state index contributed by atoms with van der Waals surface area (Å²) in [6.07, 6.45) is 3.15. The van der Waals surface area contributed by atoms with Crippen LogP contribution in [0, 0.1) is 0 Å². The van der Waals surface area contributed by atoms with Crippen molar-refractivity contribution in [1.29, 1.82) is 0 Å². The quantitative estimate of drug-likeness (QED) is 0.678. The van der Waals surface area contributed by atoms with Gasteiger partial charge in [-0.3, -0.25) is 9.59 Å². The molecule has 132 valence electrons. The van der Waals surface area contributed by atoms with E-state index >= 15 is 0 Å². The van der Waals surface area contributed by atoms with E-state index in [1.165, 1.54) is 6.92 Å². The Hall–Kier alpha value is -2.83. The summed E-state index contributed by atoms with van der Waals surface area (Å²) >= 11 is 0. The lowest BCUT2D eigenvalue weighted by Gasteiger charge is -2.28. The fraction of sp³-hybridized carbons (Fsp3) is 0.389. The van der Waals surface area contributed by atoms with E-state index in [0.717, 1.165) is 23.9 Å². The second-order valence-electron chi connectivity index (χ2n) is 6.07.